The number of anilines is 2. The molecule has 0 bridgehead atoms. The molecule has 2 heterocycles. The number of guanidine groups is 1. The van der Waals surface area contributed by atoms with Crippen molar-refractivity contribution < 1.29 is 36.6 Å². The second-order valence-electron chi connectivity index (χ2n) is 11.9. The van der Waals surface area contributed by atoms with Gasteiger partial charge in [-0.05, 0) is 80.9 Å². The van der Waals surface area contributed by atoms with Crippen LogP contribution in [0.1, 0.15) is 61.1 Å². The molecule has 0 N–H and O–H groups in total. The van der Waals surface area contributed by atoms with Crippen molar-refractivity contribution >= 4 is 35.0 Å². The number of methoxy groups -OCH3 is 1. The average Bonchev–Trinajstić information content (AvgIpc) is 3.04. The summed E-state index contributed by atoms with van der Waals surface area (Å²) in [5, 5.41) is 0. The molecular weight excluding hydrogens is 604 g/mol. The first-order valence-electron chi connectivity index (χ1n) is 15.0. The summed E-state index contributed by atoms with van der Waals surface area (Å²) < 4.78 is 66.1. The first-order valence-corrected chi connectivity index (χ1v) is 15.0. The minimum Gasteiger partial charge on any atom is -0.465 e. The number of rotatable bonds is 7. The zero-order valence-corrected chi connectivity index (χ0v) is 26.1. The van der Waals surface area contributed by atoms with E-state index in [1.807, 2.05) is 11.8 Å². The Morgan fingerprint density at radius 3 is 2.22 bits per heavy atom. The monoisotopic (exact) mass is 640 g/mol. The number of hydrogen-bond acceptors (Lipinski definition) is 8. The van der Waals surface area contributed by atoms with Crippen molar-refractivity contribution in [3.8, 4) is 0 Å². The lowest BCUT2D eigenvalue weighted by atomic mass is 9.95. The molecule has 5 rings (SSSR count). The summed E-state index contributed by atoms with van der Waals surface area (Å²) >= 11 is 0. The van der Waals surface area contributed by atoms with Gasteiger partial charge in [-0.25, -0.2) is 14.2 Å². The van der Waals surface area contributed by atoms with Crippen LogP contribution in [-0.2, 0) is 20.4 Å². The fraction of sp³-hybridized carbons (Fsp3) is 0.382. The number of carbonyl (C=O) groups excluding carboxylic acids is 2. The second kappa shape index (κ2) is 13.0. The Balaban J connectivity index is 1.60. The van der Waals surface area contributed by atoms with Crippen LogP contribution in [0.3, 0.4) is 0 Å². The van der Waals surface area contributed by atoms with Crippen molar-refractivity contribution in [2.45, 2.75) is 51.4 Å². The summed E-state index contributed by atoms with van der Waals surface area (Å²) in [7, 11) is 1.25. The van der Waals surface area contributed by atoms with E-state index < -0.39 is 35.3 Å². The minimum absolute atomic E-state index is 0.177. The Morgan fingerprint density at radius 2 is 1.59 bits per heavy atom. The largest absolute Gasteiger partial charge is 0.465 e. The zero-order valence-electron chi connectivity index (χ0n) is 26.1. The Hall–Kier alpha value is -4.61. The van der Waals surface area contributed by atoms with Crippen molar-refractivity contribution in [3.63, 3.8) is 0 Å². The highest BCUT2D eigenvalue weighted by atomic mass is 19.4. The number of nitrogens with zero attached hydrogens (tertiary/aromatic N) is 4. The van der Waals surface area contributed by atoms with Crippen LogP contribution < -0.4 is 9.80 Å². The number of esters is 2. The van der Waals surface area contributed by atoms with Gasteiger partial charge in [-0.2, -0.15) is 13.2 Å². The normalized spacial score (nSPS) is 16.9. The van der Waals surface area contributed by atoms with Gasteiger partial charge in [0.25, 0.3) is 0 Å². The van der Waals surface area contributed by atoms with Crippen LogP contribution in [0.5, 0.6) is 0 Å². The molecule has 0 saturated carbocycles. The topological polar surface area (TPSA) is 74.7 Å². The zero-order chi connectivity index (χ0) is 33.2. The molecular formula is C34H36F4N4O4. The van der Waals surface area contributed by atoms with Gasteiger partial charge in [-0.3, -0.25) is 4.79 Å². The van der Waals surface area contributed by atoms with Crippen molar-refractivity contribution in [2.24, 2.45) is 4.99 Å². The van der Waals surface area contributed by atoms with E-state index in [9.17, 15) is 27.2 Å². The summed E-state index contributed by atoms with van der Waals surface area (Å²) in [6.07, 6.45) is -4.29. The van der Waals surface area contributed by atoms with Crippen LogP contribution in [0, 0.1) is 5.82 Å². The highest BCUT2D eigenvalue weighted by Crippen LogP contribution is 2.43. The molecule has 2 aliphatic rings. The van der Waals surface area contributed by atoms with Gasteiger partial charge in [0.2, 0.25) is 5.96 Å². The number of halogens is 4. The predicted molar refractivity (Wildman–Crippen MR) is 167 cm³/mol. The minimum atomic E-state index is -4.61. The van der Waals surface area contributed by atoms with Gasteiger partial charge in [0.1, 0.15) is 11.4 Å². The lowest BCUT2D eigenvalue weighted by Crippen LogP contribution is -2.55. The molecule has 1 fully saturated rings. The summed E-state index contributed by atoms with van der Waals surface area (Å²) in [6.45, 7) is 7.42. The third-order valence-electron chi connectivity index (χ3n) is 8.36. The van der Waals surface area contributed by atoms with E-state index in [1.54, 1.807) is 55.1 Å². The van der Waals surface area contributed by atoms with Crippen LogP contribution in [-0.4, -0.2) is 61.7 Å². The molecule has 3 aromatic carbocycles. The third kappa shape index (κ3) is 7.11. The molecule has 244 valence electrons. The predicted octanol–water partition coefficient (Wildman–Crippen LogP) is 7.12. The first-order chi connectivity index (χ1) is 21.8. The van der Waals surface area contributed by atoms with E-state index in [4.69, 9.17) is 14.5 Å². The molecule has 0 amide bonds. The number of carbonyl (C=O) groups is 2. The molecule has 2 aliphatic heterocycles. The van der Waals surface area contributed by atoms with E-state index in [1.165, 1.54) is 25.3 Å². The van der Waals surface area contributed by atoms with E-state index >= 15 is 0 Å². The fourth-order valence-electron chi connectivity index (χ4n) is 5.56. The first kappa shape index (κ1) is 32.8. The van der Waals surface area contributed by atoms with Gasteiger partial charge >= 0.3 is 18.1 Å². The average molecular weight is 641 g/mol. The third-order valence-corrected chi connectivity index (χ3v) is 8.36. The lowest BCUT2D eigenvalue weighted by Gasteiger charge is -2.45. The number of ether oxygens (including phenoxy) is 2. The Labute approximate surface area is 265 Å². The van der Waals surface area contributed by atoms with E-state index in [-0.39, 0.29) is 23.5 Å². The van der Waals surface area contributed by atoms with Crippen molar-refractivity contribution in [2.75, 3.05) is 43.1 Å². The molecule has 8 nitrogen and oxygen atoms in total. The van der Waals surface area contributed by atoms with Gasteiger partial charge in [-0.1, -0.05) is 13.0 Å². The van der Waals surface area contributed by atoms with Crippen molar-refractivity contribution in [1.82, 2.24) is 4.90 Å². The van der Waals surface area contributed by atoms with Crippen LogP contribution in [0.4, 0.5) is 34.6 Å². The Bertz CT molecular complexity index is 1620. The van der Waals surface area contributed by atoms with Gasteiger partial charge in [0, 0.05) is 43.1 Å². The van der Waals surface area contributed by atoms with Gasteiger partial charge in [-0.15, -0.1) is 0 Å². The number of alkyl halides is 3. The molecule has 46 heavy (non-hydrogen) atoms. The van der Waals surface area contributed by atoms with Crippen LogP contribution >= 0.6 is 0 Å². The molecule has 0 spiro atoms. The molecule has 3 aromatic rings. The molecule has 0 aromatic heterocycles. The van der Waals surface area contributed by atoms with Crippen LogP contribution in [0.25, 0.3) is 0 Å². The number of fused-ring (bicyclic) bond motifs is 1. The standard InChI is InChI=1S/C34H36F4N4O4/c1-5-33(2,3)46-30(43)21-29-27-19-22(31(44)45-4)9-14-28(27)39-32(42(29)26-8-6-7-23(20-26)34(36,37)38)41-17-15-40(16-18-41)25-12-10-24(35)11-13-25/h6-14,19-20,29H,5,15-18,21H2,1-4H3. The molecule has 0 aliphatic carbocycles. The van der Waals surface area contributed by atoms with Crippen LogP contribution in [0.15, 0.2) is 71.7 Å². The number of hydrogen-bond donors (Lipinski definition) is 0. The molecule has 12 heteroatoms. The maximum Gasteiger partial charge on any atom is 0.416 e. The van der Waals surface area contributed by atoms with Gasteiger partial charge in [0.15, 0.2) is 0 Å². The Morgan fingerprint density at radius 1 is 0.913 bits per heavy atom. The van der Waals surface area contributed by atoms with E-state index in [0.717, 1.165) is 17.8 Å². The van der Waals surface area contributed by atoms with Crippen LogP contribution in [0.2, 0.25) is 0 Å². The fourth-order valence-corrected chi connectivity index (χ4v) is 5.56. The number of piperazine rings is 1. The maximum absolute atomic E-state index is 14.0. The molecule has 1 saturated heterocycles. The molecule has 0 radical (unpaired) electrons. The lowest BCUT2D eigenvalue weighted by molar-refractivity contribution is -0.157. The number of aliphatic imine (C=N–C) groups is 1. The summed E-state index contributed by atoms with van der Waals surface area (Å²) in [4.78, 5) is 36.6. The smallest absolute Gasteiger partial charge is 0.416 e. The van der Waals surface area contributed by atoms with Crippen molar-refractivity contribution in [3.05, 3.63) is 89.2 Å². The van der Waals surface area contributed by atoms with E-state index in [0.29, 0.717) is 49.8 Å². The molecule has 1 unspecified atom stereocenters. The quantitative estimate of drug-likeness (QED) is 0.201. The highest BCUT2D eigenvalue weighted by molar-refractivity contribution is 6.02. The molecule has 1 atom stereocenters. The summed E-state index contributed by atoms with van der Waals surface area (Å²) in [5.41, 5.74) is 0.561. The number of benzene rings is 3. The SMILES string of the molecule is CCC(C)(C)OC(=O)CC1c2cc(C(=O)OC)ccc2N=C(N2CCN(c3ccc(F)cc3)CC2)N1c1cccc(C(F)(F)F)c1. The van der Waals surface area contributed by atoms with Gasteiger partial charge < -0.3 is 24.2 Å². The second-order valence-corrected chi connectivity index (χ2v) is 11.9. The maximum atomic E-state index is 14.0. The Kier molecular flexibility index (Phi) is 9.27. The summed E-state index contributed by atoms with van der Waals surface area (Å²) in [6, 6.07) is 15.0. The summed E-state index contributed by atoms with van der Waals surface area (Å²) in [5.74, 6) is -1.13. The van der Waals surface area contributed by atoms with Gasteiger partial charge in [0.05, 0.1) is 36.4 Å². The highest BCUT2D eigenvalue weighted by Gasteiger charge is 2.39. The van der Waals surface area contributed by atoms with E-state index in [2.05, 4.69) is 4.90 Å². The van der Waals surface area contributed by atoms with Crippen molar-refractivity contribution in [1.29, 1.82) is 0 Å².